The number of rotatable bonds is 6. The Morgan fingerprint density at radius 3 is 2.74 bits per heavy atom. The van der Waals surface area contributed by atoms with Gasteiger partial charge in [-0.15, -0.1) is 0 Å². The molecule has 1 atom stereocenters. The molecule has 128 valence electrons. The lowest BCUT2D eigenvalue weighted by atomic mass is 10.2. The highest BCUT2D eigenvalue weighted by molar-refractivity contribution is 5.85. The molecule has 1 aliphatic rings. The summed E-state index contributed by atoms with van der Waals surface area (Å²) in [4.78, 5) is 28.0. The van der Waals surface area contributed by atoms with Gasteiger partial charge in [-0.25, -0.2) is 9.78 Å². The number of carbonyl (C=O) groups excluding carboxylic acids is 2. The Morgan fingerprint density at radius 1 is 1.43 bits per heavy atom. The SMILES string of the molecule is CC(NC(=O)OC(C)(C)C)C(=O)NCCn1ccnc1C1CC1. The van der Waals surface area contributed by atoms with E-state index >= 15 is 0 Å². The first-order valence-corrected chi connectivity index (χ1v) is 8.04. The number of carbonyl (C=O) groups is 2. The first-order valence-electron chi connectivity index (χ1n) is 8.04. The summed E-state index contributed by atoms with van der Waals surface area (Å²) in [7, 11) is 0. The van der Waals surface area contributed by atoms with Crippen molar-refractivity contribution in [2.45, 2.75) is 64.6 Å². The Morgan fingerprint density at radius 2 is 2.13 bits per heavy atom. The van der Waals surface area contributed by atoms with Gasteiger partial charge in [-0.2, -0.15) is 0 Å². The van der Waals surface area contributed by atoms with E-state index < -0.39 is 17.7 Å². The van der Waals surface area contributed by atoms with Gasteiger partial charge in [0.2, 0.25) is 5.91 Å². The number of alkyl carbamates (subject to hydrolysis) is 1. The van der Waals surface area contributed by atoms with Crippen molar-refractivity contribution >= 4 is 12.0 Å². The van der Waals surface area contributed by atoms with Crippen LogP contribution in [-0.2, 0) is 16.1 Å². The first-order chi connectivity index (χ1) is 10.8. The maximum Gasteiger partial charge on any atom is 0.408 e. The average molecular weight is 322 g/mol. The van der Waals surface area contributed by atoms with E-state index in [4.69, 9.17) is 4.74 Å². The van der Waals surface area contributed by atoms with Crippen LogP contribution in [-0.4, -0.2) is 39.7 Å². The molecular formula is C16H26N4O3. The maximum atomic E-state index is 12.0. The predicted molar refractivity (Wildman–Crippen MR) is 86.0 cm³/mol. The third kappa shape index (κ3) is 5.58. The molecule has 23 heavy (non-hydrogen) atoms. The van der Waals surface area contributed by atoms with Gasteiger partial charge in [0.15, 0.2) is 0 Å². The number of nitrogens with zero attached hydrogens (tertiary/aromatic N) is 2. The Bertz CT molecular complexity index is 558. The molecule has 7 heteroatoms. The molecule has 2 N–H and O–H groups in total. The summed E-state index contributed by atoms with van der Waals surface area (Å²) in [6.45, 7) is 8.14. The largest absolute Gasteiger partial charge is 0.444 e. The summed E-state index contributed by atoms with van der Waals surface area (Å²) in [5.41, 5.74) is -0.582. The topological polar surface area (TPSA) is 85.2 Å². The van der Waals surface area contributed by atoms with E-state index in [0.29, 0.717) is 19.0 Å². The van der Waals surface area contributed by atoms with Gasteiger partial charge in [0.05, 0.1) is 0 Å². The highest BCUT2D eigenvalue weighted by Crippen LogP contribution is 2.38. The van der Waals surface area contributed by atoms with Gasteiger partial charge in [0, 0.05) is 31.4 Å². The fourth-order valence-corrected chi connectivity index (χ4v) is 2.21. The molecule has 0 aliphatic heterocycles. The van der Waals surface area contributed by atoms with E-state index in [0.717, 1.165) is 5.82 Å². The monoisotopic (exact) mass is 322 g/mol. The summed E-state index contributed by atoms with van der Waals surface area (Å²) in [5.74, 6) is 1.44. The molecule has 1 aromatic heterocycles. The van der Waals surface area contributed by atoms with Gasteiger partial charge in [0.1, 0.15) is 17.5 Å². The van der Waals surface area contributed by atoms with E-state index in [-0.39, 0.29) is 5.91 Å². The predicted octanol–water partition coefficient (Wildman–Crippen LogP) is 1.79. The number of imidazole rings is 1. The second-order valence-electron chi connectivity index (χ2n) is 6.91. The molecule has 1 fully saturated rings. The van der Waals surface area contributed by atoms with Crippen molar-refractivity contribution in [3.8, 4) is 0 Å². The molecule has 1 unspecified atom stereocenters. The maximum absolute atomic E-state index is 12.0. The second kappa shape index (κ2) is 7.02. The van der Waals surface area contributed by atoms with E-state index in [1.54, 1.807) is 33.9 Å². The molecular weight excluding hydrogens is 296 g/mol. The number of amides is 2. The van der Waals surface area contributed by atoms with Crippen molar-refractivity contribution in [2.75, 3.05) is 6.54 Å². The van der Waals surface area contributed by atoms with Crippen molar-refractivity contribution in [1.82, 2.24) is 20.2 Å². The van der Waals surface area contributed by atoms with Crippen molar-refractivity contribution < 1.29 is 14.3 Å². The molecule has 0 saturated heterocycles. The van der Waals surface area contributed by atoms with Crippen molar-refractivity contribution in [2.24, 2.45) is 0 Å². The second-order valence-corrected chi connectivity index (χ2v) is 6.91. The van der Waals surface area contributed by atoms with Crippen LogP contribution in [0.3, 0.4) is 0 Å². The van der Waals surface area contributed by atoms with Crippen LogP contribution in [0.15, 0.2) is 12.4 Å². The molecule has 1 aliphatic carbocycles. The van der Waals surface area contributed by atoms with Crippen molar-refractivity contribution in [3.05, 3.63) is 18.2 Å². The number of ether oxygens (including phenoxy) is 1. The van der Waals surface area contributed by atoms with Crippen LogP contribution in [0.4, 0.5) is 4.79 Å². The Kier molecular flexibility index (Phi) is 5.28. The Labute approximate surface area is 136 Å². The summed E-state index contributed by atoms with van der Waals surface area (Å²) >= 11 is 0. The Balaban J connectivity index is 1.71. The third-order valence-corrected chi connectivity index (χ3v) is 3.47. The van der Waals surface area contributed by atoms with Crippen LogP contribution in [0.1, 0.15) is 52.3 Å². The lowest BCUT2D eigenvalue weighted by molar-refractivity contribution is -0.122. The molecule has 2 amide bonds. The summed E-state index contributed by atoms with van der Waals surface area (Å²) in [6.07, 6.45) is 5.52. The molecule has 1 saturated carbocycles. The van der Waals surface area contributed by atoms with E-state index in [1.165, 1.54) is 12.8 Å². The third-order valence-electron chi connectivity index (χ3n) is 3.47. The van der Waals surface area contributed by atoms with Crippen LogP contribution in [0.5, 0.6) is 0 Å². The lowest BCUT2D eigenvalue weighted by Gasteiger charge is -2.21. The lowest BCUT2D eigenvalue weighted by Crippen LogP contribution is -2.47. The van der Waals surface area contributed by atoms with Crippen LogP contribution in [0, 0.1) is 0 Å². The molecule has 0 radical (unpaired) electrons. The summed E-state index contributed by atoms with van der Waals surface area (Å²) in [6, 6.07) is -0.643. The fraction of sp³-hybridized carbons (Fsp3) is 0.688. The fourth-order valence-electron chi connectivity index (χ4n) is 2.21. The van der Waals surface area contributed by atoms with Crippen LogP contribution in [0.2, 0.25) is 0 Å². The first kappa shape index (κ1) is 17.3. The normalized spacial score (nSPS) is 15.8. The van der Waals surface area contributed by atoms with Gasteiger partial charge < -0.3 is 19.9 Å². The molecule has 7 nitrogen and oxygen atoms in total. The minimum atomic E-state index is -0.643. The minimum Gasteiger partial charge on any atom is -0.444 e. The summed E-state index contributed by atoms with van der Waals surface area (Å²) < 4.78 is 7.20. The van der Waals surface area contributed by atoms with Gasteiger partial charge in [-0.1, -0.05) is 0 Å². The number of nitrogens with one attached hydrogen (secondary N) is 2. The van der Waals surface area contributed by atoms with E-state index in [1.807, 2.05) is 6.20 Å². The zero-order chi connectivity index (χ0) is 17.0. The number of hydrogen-bond acceptors (Lipinski definition) is 4. The van der Waals surface area contributed by atoms with Gasteiger partial charge in [-0.05, 0) is 40.5 Å². The van der Waals surface area contributed by atoms with Crippen LogP contribution >= 0.6 is 0 Å². The minimum absolute atomic E-state index is 0.232. The zero-order valence-corrected chi connectivity index (χ0v) is 14.3. The van der Waals surface area contributed by atoms with Crippen molar-refractivity contribution in [3.63, 3.8) is 0 Å². The van der Waals surface area contributed by atoms with E-state index in [9.17, 15) is 9.59 Å². The molecule has 2 rings (SSSR count). The standard InChI is InChI=1S/C16H26N4O3/c1-11(19-15(22)23-16(2,3)4)14(21)18-8-10-20-9-7-17-13(20)12-5-6-12/h7,9,11-12H,5-6,8,10H2,1-4H3,(H,18,21)(H,19,22). The number of hydrogen-bond donors (Lipinski definition) is 2. The highest BCUT2D eigenvalue weighted by atomic mass is 16.6. The van der Waals surface area contributed by atoms with Crippen LogP contribution < -0.4 is 10.6 Å². The average Bonchev–Trinajstić information content (AvgIpc) is 3.16. The van der Waals surface area contributed by atoms with Gasteiger partial charge in [0.25, 0.3) is 0 Å². The van der Waals surface area contributed by atoms with Crippen LogP contribution in [0.25, 0.3) is 0 Å². The van der Waals surface area contributed by atoms with E-state index in [2.05, 4.69) is 20.2 Å². The molecule has 1 aromatic rings. The molecule has 0 bridgehead atoms. The van der Waals surface area contributed by atoms with Gasteiger partial charge >= 0.3 is 6.09 Å². The summed E-state index contributed by atoms with van der Waals surface area (Å²) in [5, 5.41) is 5.34. The molecule has 0 aromatic carbocycles. The molecule has 1 heterocycles. The quantitative estimate of drug-likeness (QED) is 0.836. The molecule has 0 spiro atoms. The smallest absolute Gasteiger partial charge is 0.408 e. The zero-order valence-electron chi connectivity index (χ0n) is 14.3. The Hall–Kier alpha value is -2.05. The van der Waals surface area contributed by atoms with Gasteiger partial charge in [-0.3, -0.25) is 4.79 Å². The van der Waals surface area contributed by atoms with Crippen molar-refractivity contribution in [1.29, 1.82) is 0 Å². The number of aromatic nitrogens is 2. The highest BCUT2D eigenvalue weighted by Gasteiger charge is 2.27.